The summed E-state index contributed by atoms with van der Waals surface area (Å²) >= 11 is 3.57. The van der Waals surface area contributed by atoms with E-state index in [1.165, 1.54) is 9.77 Å². The minimum atomic E-state index is -0.520. The van der Waals surface area contributed by atoms with Crippen LogP contribution in [-0.4, -0.2) is 44.3 Å². The average Bonchev–Trinajstić information content (AvgIpc) is 2.99. The van der Waals surface area contributed by atoms with Gasteiger partial charge in [-0.3, -0.25) is 0 Å². The summed E-state index contributed by atoms with van der Waals surface area (Å²) in [5, 5.41) is 2.11. The van der Waals surface area contributed by atoms with Crippen molar-refractivity contribution >= 4 is 23.3 Å². The molecule has 3 rings (SSSR count). The number of fused-ring (bicyclic) bond motifs is 2. The van der Waals surface area contributed by atoms with Crippen molar-refractivity contribution in [3.05, 3.63) is 17.0 Å². The normalized spacial score (nSPS) is 22.5. The lowest BCUT2D eigenvalue weighted by Crippen LogP contribution is -2.42. The molecule has 2 aliphatic rings. The van der Waals surface area contributed by atoms with Crippen LogP contribution >= 0.6 is 23.3 Å². The van der Waals surface area contributed by atoms with E-state index in [-0.39, 0.29) is 0 Å². The van der Waals surface area contributed by atoms with Crippen LogP contribution in [0.3, 0.4) is 0 Å². The second kappa shape index (κ2) is 5.48. The van der Waals surface area contributed by atoms with Gasteiger partial charge in [-0.1, -0.05) is 0 Å². The second-order valence-electron chi connectivity index (χ2n) is 4.37. The minimum absolute atomic E-state index is 0.520. The highest BCUT2D eigenvalue weighted by molar-refractivity contribution is 7.99. The predicted molar refractivity (Wildman–Crippen MR) is 71.8 cm³/mol. The zero-order valence-corrected chi connectivity index (χ0v) is 12.0. The van der Waals surface area contributed by atoms with Crippen molar-refractivity contribution in [1.82, 2.24) is 4.31 Å². The Morgan fingerprint density at radius 2 is 2.28 bits per heavy atom. The van der Waals surface area contributed by atoms with Crippen LogP contribution in [0.5, 0.6) is 0 Å². The standard InChI is InChI=1S/C12H17NO3S2/c1-14-5-2-4-13-9-12(15-6-7-16-12)10-3-8-17-11(10)18-13/h3,8H,2,4-7,9H2,1H3. The van der Waals surface area contributed by atoms with Crippen LogP contribution < -0.4 is 0 Å². The Balaban J connectivity index is 1.75. The SMILES string of the molecule is COCCCN1CC2(OCCO2)c2ccsc2S1. The molecule has 3 heterocycles. The van der Waals surface area contributed by atoms with Gasteiger partial charge in [-0.05, 0) is 29.8 Å². The van der Waals surface area contributed by atoms with Gasteiger partial charge >= 0.3 is 0 Å². The molecule has 2 aliphatic heterocycles. The number of ether oxygens (including phenoxy) is 3. The van der Waals surface area contributed by atoms with E-state index in [1.54, 1.807) is 18.4 Å². The smallest absolute Gasteiger partial charge is 0.211 e. The maximum absolute atomic E-state index is 5.90. The average molecular weight is 287 g/mol. The number of hydrogen-bond acceptors (Lipinski definition) is 6. The van der Waals surface area contributed by atoms with Gasteiger partial charge in [0.25, 0.3) is 0 Å². The van der Waals surface area contributed by atoms with Gasteiger partial charge in [0.1, 0.15) is 0 Å². The Bertz CT molecular complexity index is 404. The van der Waals surface area contributed by atoms with Crippen molar-refractivity contribution in [2.45, 2.75) is 16.4 Å². The molecule has 0 bridgehead atoms. The number of methoxy groups -OCH3 is 1. The molecule has 0 unspecified atom stereocenters. The molecule has 1 aromatic heterocycles. The molecule has 18 heavy (non-hydrogen) atoms. The lowest BCUT2D eigenvalue weighted by atomic mass is 10.1. The number of hydrogen-bond donors (Lipinski definition) is 0. The fraction of sp³-hybridized carbons (Fsp3) is 0.667. The third-order valence-electron chi connectivity index (χ3n) is 3.15. The third-order valence-corrected chi connectivity index (χ3v) is 5.32. The van der Waals surface area contributed by atoms with Crippen molar-refractivity contribution in [2.75, 3.05) is 40.0 Å². The van der Waals surface area contributed by atoms with E-state index in [4.69, 9.17) is 14.2 Å². The molecule has 1 saturated heterocycles. The maximum Gasteiger partial charge on any atom is 0.211 e. The first-order valence-electron chi connectivity index (χ1n) is 6.12. The maximum atomic E-state index is 5.90. The van der Waals surface area contributed by atoms with Crippen LogP contribution in [0.4, 0.5) is 0 Å². The predicted octanol–water partition coefficient (Wildman–Crippen LogP) is 2.31. The fourth-order valence-electron chi connectivity index (χ4n) is 2.33. The Hall–Kier alpha value is -0.110. The number of thiophene rings is 1. The molecule has 0 aromatic carbocycles. The van der Waals surface area contributed by atoms with E-state index >= 15 is 0 Å². The molecule has 1 fully saturated rings. The fourth-order valence-corrected chi connectivity index (χ4v) is 4.67. The molecule has 0 amide bonds. The van der Waals surface area contributed by atoms with Gasteiger partial charge in [0.15, 0.2) is 0 Å². The van der Waals surface area contributed by atoms with Gasteiger partial charge in [0.05, 0.1) is 24.0 Å². The van der Waals surface area contributed by atoms with E-state index in [2.05, 4.69) is 15.8 Å². The second-order valence-corrected chi connectivity index (χ2v) is 6.65. The van der Waals surface area contributed by atoms with E-state index in [9.17, 15) is 0 Å². The van der Waals surface area contributed by atoms with Gasteiger partial charge in [0.2, 0.25) is 5.79 Å². The van der Waals surface area contributed by atoms with Gasteiger partial charge < -0.3 is 14.2 Å². The van der Waals surface area contributed by atoms with Crippen LogP contribution in [0.2, 0.25) is 0 Å². The van der Waals surface area contributed by atoms with Crippen molar-refractivity contribution in [2.24, 2.45) is 0 Å². The van der Waals surface area contributed by atoms with Crippen LogP contribution in [0.15, 0.2) is 15.7 Å². The van der Waals surface area contributed by atoms with Crippen molar-refractivity contribution in [3.63, 3.8) is 0 Å². The lowest BCUT2D eigenvalue weighted by Gasteiger charge is -2.37. The Morgan fingerprint density at radius 3 is 3.06 bits per heavy atom. The van der Waals surface area contributed by atoms with Gasteiger partial charge in [0, 0.05) is 25.8 Å². The molecule has 0 atom stereocenters. The monoisotopic (exact) mass is 287 g/mol. The highest BCUT2D eigenvalue weighted by atomic mass is 32.2. The molecular weight excluding hydrogens is 270 g/mol. The summed E-state index contributed by atoms with van der Waals surface area (Å²) in [4.78, 5) is 0. The summed E-state index contributed by atoms with van der Waals surface area (Å²) in [5.41, 5.74) is 1.21. The zero-order valence-electron chi connectivity index (χ0n) is 10.4. The van der Waals surface area contributed by atoms with E-state index in [1.807, 2.05) is 11.9 Å². The van der Waals surface area contributed by atoms with E-state index in [0.29, 0.717) is 13.2 Å². The van der Waals surface area contributed by atoms with E-state index in [0.717, 1.165) is 26.1 Å². The summed E-state index contributed by atoms with van der Waals surface area (Å²) in [5.74, 6) is -0.520. The largest absolute Gasteiger partial charge is 0.385 e. The van der Waals surface area contributed by atoms with Crippen molar-refractivity contribution in [3.8, 4) is 0 Å². The highest BCUT2D eigenvalue weighted by Crippen LogP contribution is 2.47. The Kier molecular flexibility index (Phi) is 3.93. The summed E-state index contributed by atoms with van der Waals surface area (Å²) in [6.07, 6.45) is 1.03. The van der Waals surface area contributed by atoms with Crippen molar-refractivity contribution in [1.29, 1.82) is 0 Å². The van der Waals surface area contributed by atoms with Crippen LogP contribution in [-0.2, 0) is 20.0 Å². The first kappa shape index (κ1) is 12.9. The molecule has 0 radical (unpaired) electrons. The highest BCUT2D eigenvalue weighted by Gasteiger charge is 2.45. The van der Waals surface area contributed by atoms with Gasteiger partial charge in [-0.25, -0.2) is 4.31 Å². The third kappa shape index (κ3) is 2.33. The molecule has 6 heteroatoms. The number of nitrogens with zero attached hydrogens (tertiary/aromatic N) is 1. The van der Waals surface area contributed by atoms with Crippen LogP contribution in [0.25, 0.3) is 0 Å². The summed E-state index contributed by atoms with van der Waals surface area (Å²) in [7, 11) is 1.74. The van der Waals surface area contributed by atoms with Gasteiger partial charge in [-0.15, -0.1) is 11.3 Å². The molecule has 0 saturated carbocycles. The summed E-state index contributed by atoms with van der Waals surface area (Å²) in [6.45, 7) is 3.95. The number of rotatable bonds is 4. The first-order valence-corrected chi connectivity index (χ1v) is 7.77. The molecule has 0 N–H and O–H groups in total. The topological polar surface area (TPSA) is 30.9 Å². The molecule has 1 spiro atoms. The molecule has 1 aromatic rings. The van der Waals surface area contributed by atoms with Crippen LogP contribution in [0.1, 0.15) is 12.0 Å². The summed E-state index contributed by atoms with van der Waals surface area (Å²) < 4.78 is 20.5. The Labute approximate surface area is 115 Å². The van der Waals surface area contributed by atoms with Crippen LogP contribution in [0, 0.1) is 0 Å². The lowest BCUT2D eigenvalue weighted by molar-refractivity contribution is -0.174. The molecular formula is C12H17NO3S2. The van der Waals surface area contributed by atoms with E-state index < -0.39 is 5.79 Å². The molecule has 0 aliphatic carbocycles. The Morgan fingerprint density at radius 1 is 1.44 bits per heavy atom. The zero-order chi connectivity index (χ0) is 12.4. The molecule has 100 valence electrons. The van der Waals surface area contributed by atoms with Gasteiger partial charge in [-0.2, -0.15) is 0 Å². The molecule has 4 nitrogen and oxygen atoms in total. The minimum Gasteiger partial charge on any atom is -0.385 e. The van der Waals surface area contributed by atoms with Crippen molar-refractivity contribution < 1.29 is 14.2 Å². The summed E-state index contributed by atoms with van der Waals surface area (Å²) in [6, 6.07) is 2.13. The quantitative estimate of drug-likeness (QED) is 0.626. The first-order chi connectivity index (χ1) is 8.84.